The molecule has 0 saturated carbocycles. The van der Waals surface area contributed by atoms with Crippen LogP contribution in [0.2, 0.25) is 0 Å². The Morgan fingerprint density at radius 3 is 2.53 bits per heavy atom. The zero-order chi connectivity index (χ0) is 11.5. The molecule has 0 bridgehead atoms. The molecule has 0 aliphatic rings. The fourth-order valence-electron chi connectivity index (χ4n) is 0.975. The van der Waals surface area contributed by atoms with Crippen LogP contribution >= 0.6 is 0 Å². The van der Waals surface area contributed by atoms with Crippen LogP contribution in [0.3, 0.4) is 0 Å². The van der Waals surface area contributed by atoms with E-state index in [4.69, 9.17) is 5.11 Å². The molecule has 0 atom stereocenters. The zero-order valence-corrected chi connectivity index (χ0v) is 8.44. The van der Waals surface area contributed by atoms with E-state index in [1.807, 2.05) is 0 Å². The topological polar surface area (TPSA) is 83.5 Å². The molecule has 84 valence electrons. The lowest BCUT2D eigenvalue weighted by Gasteiger charge is -2.00. The van der Waals surface area contributed by atoms with E-state index >= 15 is 0 Å². The highest BCUT2D eigenvalue weighted by Crippen LogP contribution is 1.98. The van der Waals surface area contributed by atoms with Crippen LogP contribution in [0.25, 0.3) is 0 Å². The number of hydrogen-bond donors (Lipinski definition) is 2. The molecule has 0 saturated heterocycles. The Kier molecular flexibility index (Phi) is 7.94. The van der Waals surface area contributed by atoms with Gasteiger partial charge in [-0.15, -0.1) is 0 Å². The first-order chi connectivity index (χ1) is 7.16. The second-order valence-corrected chi connectivity index (χ2v) is 2.99. The maximum Gasteiger partial charge on any atom is 0.303 e. The smallest absolute Gasteiger partial charge is 0.303 e. The summed E-state index contributed by atoms with van der Waals surface area (Å²) >= 11 is 0. The van der Waals surface area contributed by atoms with Gasteiger partial charge in [0.2, 0.25) is 5.91 Å². The van der Waals surface area contributed by atoms with Crippen molar-refractivity contribution in [3.8, 4) is 0 Å². The van der Waals surface area contributed by atoms with Crippen molar-refractivity contribution in [2.24, 2.45) is 0 Å². The molecule has 15 heavy (non-hydrogen) atoms. The summed E-state index contributed by atoms with van der Waals surface area (Å²) in [5.74, 6) is -1.10. The number of unbranched alkanes of at least 4 members (excludes halogenated alkanes) is 2. The minimum atomic E-state index is -0.798. The molecular weight excluding hydrogens is 198 g/mol. The molecule has 0 aromatic carbocycles. The maximum atomic E-state index is 10.9. The Morgan fingerprint density at radius 2 is 1.93 bits per heavy atom. The first-order valence-corrected chi connectivity index (χ1v) is 4.78. The molecule has 5 nitrogen and oxygen atoms in total. The number of aliphatic carboxylic acids is 1. The van der Waals surface area contributed by atoms with Crippen molar-refractivity contribution in [3.05, 3.63) is 12.2 Å². The number of amides is 1. The number of rotatable bonds is 8. The van der Waals surface area contributed by atoms with E-state index in [2.05, 4.69) is 5.32 Å². The molecule has 0 heterocycles. The number of carboxylic acid groups (broad SMARTS) is 1. The Bertz CT molecular complexity index is 248. The van der Waals surface area contributed by atoms with Crippen molar-refractivity contribution in [2.45, 2.75) is 25.7 Å². The van der Waals surface area contributed by atoms with E-state index in [1.54, 1.807) is 0 Å². The van der Waals surface area contributed by atoms with Gasteiger partial charge >= 0.3 is 5.97 Å². The molecule has 1 amide bonds. The zero-order valence-electron chi connectivity index (χ0n) is 8.44. The molecule has 5 heteroatoms. The quantitative estimate of drug-likeness (QED) is 0.349. The second kappa shape index (κ2) is 8.93. The van der Waals surface area contributed by atoms with Crippen LogP contribution in [0, 0.1) is 0 Å². The van der Waals surface area contributed by atoms with Crippen LogP contribution in [0.15, 0.2) is 12.2 Å². The van der Waals surface area contributed by atoms with Gasteiger partial charge in [0, 0.05) is 19.0 Å². The Hall–Kier alpha value is -1.65. The molecule has 0 aliphatic heterocycles. The van der Waals surface area contributed by atoms with Crippen LogP contribution in [0.4, 0.5) is 0 Å². The summed E-state index contributed by atoms with van der Waals surface area (Å²) < 4.78 is 0. The number of carboxylic acids is 1. The van der Waals surface area contributed by atoms with Gasteiger partial charge in [-0.2, -0.15) is 0 Å². The highest BCUT2D eigenvalue weighted by atomic mass is 16.4. The lowest BCUT2D eigenvalue weighted by atomic mass is 10.2. The van der Waals surface area contributed by atoms with Gasteiger partial charge in [-0.1, -0.05) is 6.42 Å². The minimum Gasteiger partial charge on any atom is -0.481 e. The molecule has 0 fully saturated rings. The van der Waals surface area contributed by atoms with Crippen LogP contribution in [0.1, 0.15) is 25.7 Å². The van der Waals surface area contributed by atoms with E-state index in [1.165, 1.54) is 0 Å². The van der Waals surface area contributed by atoms with Crippen LogP contribution in [-0.2, 0) is 14.4 Å². The van der Waals surface area contributed by atoms with Crippen molar-refractivity contribution >= 4 is 18.2 Å². The van der Waals surface area contributed by atoms with Crippen molar-refractivity contribution < 1.29 is 19.5 Å². The number of hydrogen-bond acceptors (Lipinski definition) is 3. The summed E-state index contributed by atoms with van der Waals surface area (Å²) in [6.07, 6.45) is 5.11. The van der Waals surface area contributed by atoms with E-state index in [0.717, 1.165) is 25.0 Å². The molecule has 0 spiro atoms. The Morgan fingerprint density at radius 1 is 1.20 bits per heavy atom. The SMILES string of the molecule is O=C/C=C\C(=O)NCCCCCC(=O)O. The molecule has 0 aromatic rings. The molecule has 2 N–H and O–H groups in total. The van der Waals surface area contributed by atoms with Crippen molar-refractivity contribution in [2.75, 3.05) is 6.54 Å². The minimum absolute atomic E-state index is 0.166. The average molecular weight is 213 g/mol. The number of allylic oxidation sites excluding steroid dienone is 1. The third kappa shape index (κ3) is 10.3. The van der Waals surface area contributed by atoms with Crippen molar-refractivity contribution in [1.82, 2.24) is 5.32 Å². The normalized spacial score (nSPS) is 10.1. The number of nitrogens with one attached hydrogen (secondary N) is 1. The van der Waals surface area contributed by atoms with E-state index in [-0.39, 0.29) is 12.3 Å². The third-order valence-electron chi connectivity index (χ3n) is 1.69. The summed E-state index contributed by atoms with van der Waals surface area (Å²) in [7, 11) is 0. The summed E-state index contributed by atoms with van der Waals surface area (Å²) in [6.45, 7) is 0.502. The van der Waals surface area contributed by atoms with Gasteiger partial charge < -0.3 is 10.4 Å². The summed E-state index contributed by atoms with van der Waals surface area (Å²) in [4.78, 5) is 30.9. The first-order valence-electron chi connectivity index (χ1n) is 4.78. The first kappa shape index (κ1) is 13.4. The molecule has 0 radical (unpaired) electrons. The molecule has 0 unspecified atom stereocenters. The highest BCUT2D eigenvalue weighted by molar-refractivity contribution is 5.90. The fraction of sp³-hybridized carbons (Fsp3) is 0.500. The summed E-state index contributed by atoms with van der Waals surface area (Å²) in [5.41, 5.74) is 0. The van der Waals surface area contributed by atoms with Gasteiger partial charge in [-0.3, -0.25) is 14.4 Å². The van der Waals surface area contributed by atoms with Crippen LogP contribution < -0.4 is 5.32 Å². The summed E-state index contributed by atoms with van der Waals surface area (Å²) in [6, 6.07) is 0. The lowest BCUT2D eigenvalue weighted by molar-refractivity contribution is -0.137. The van der Waals surface area contributed by atoms with Gasteiger partial charge in [0.15, 0.2) is 0 Å². The Balaban J connectivity index is 3.31. The van der Waals surface area contributed by atoms with Gasteiger partial charge in [0.25, 0.3) is 0 Å². The van der Waals surface area contributed by atoms with Gasteiger partial charge in [-0.05, 0) is 18.9 Å². The Labute approximate surface area is 88.2 Å². The van der Waals surface area contributed by atoms with Gasteiger partial charge in [-0.25, -0.2) is 0 Å². The standard InChI is InChI=1S/C10H15NO4/c12-8-4-5-9(13)11-7-3-1-2-6-10(14)15/h4-5,8H,1-3,6-7H2,(H,11,13)(H,14,15)/b5-4-. The van der Waals surface area contributed by atoms with Crippen molar-refractivity contribution in [3.63, 3.8) is 0 Å². The summed E-state index contributed by atoms with van der Waals surface area (Å²) in [5, 5.41) is 10.9. The lowest BCUT2D eigenvalue weighted by Crippen LogP contribution is -2.22. The third-order valence-corrected chi connectivity index (χ3v) is 1.69. The molecule has 0 rings (SSSR count). The number of carbonyl (C=O) groups excluding carboxylic acids is 2. The predicted molar refractivity (Wildman–Crippen MR) is 54.3 cm³/mol. The predicted octanol–water partition coefficient (Wildman–Crippen LogP) is 0.503. The van der Waals surface area contributed by atoms with Gasteiger partial charge in [0.1, 0.15) is 6.29 Å². The van der Waals surface area contributed by atoms with E-state index in [9.17, 15) is 14.4 Å². The van der Waals surface area contributed by atoms with Crippen LogP contribution in [-0.4, -0.2) is 29.8 Å². The maximum absolute atomic E-state index is 10.9. The monoisotopic (exact) mass is 213 g/mol. The number of aldehydes is 1. The van der Waals surface area contributed by atoms with E-state index < -0.39 is 5.97 Å². The largest absolute Gasteiger partial charge is 0.481 e. The molecule has 0 aromatic heterocycles. The molecule has 0 aliphatic carbocycles. The second-order valence-electron chi connectivity index (χ2n) is 2.99. The van der Waals surface area contributed by atoms with E-state index in [0.29, 0.717) is 19.3 Å². The van der Waals surface area contributed by atoms with Crippen molar-refractivity contribution in [1.29, 1.82) is 0 Å². The fourth-order valence-corrected chi connectivity index (χ4v) is 0.975. The highest BCUT2D eigenvalue weighted by Gasteiger charge is 1.97. The number of carbonyl (C=O) groups is 3. The molecular formula is C10H15NO4. The van der Waals surface area contributed by atoms with Crippen LogP contribution in [0.5, 0.6) is 0 Å². The average Bonchev–Trinajstić information content (AvgIpc) is 2.19. The van der Waals surface area contributed by atoms with Gasteiger partial charge in [0.05, 0.1) is 0 Å².